The van der Waals surface area contributed by atoms with E-state index in [4.69, 9.17) is 38.4 Å². The van der Waals surface area contributed by atoms with Crippen LogP contribution in [0, 0.1) is 73.0 Å². The number of carbonyl (C=O) groups excluding carboxylic acids is 5. The Hall–Kier alpha value is -8.80. The topological polar surface area (TPSA) is 219 Å². The van der Waals surface area contributed by atoms with Gasteiger partial charge in [-0.15, -0.1) is 0 Å². The van der Waals surface area contributed by atoms with Gasteiger partial charge in [0.05, 0.1) is 67.6 Å². The number of carbonyl (C=O) groups is 6. The summed E-state index contributed by atoms with van der Waals surface area (Å²) in [7, 11) is 2.71. The molecule has 2 bridgehead atoms. The number of nitrogens with one attached hydrogen (secondary N) is 1. The minimum Gasteiger partial charge on any atom is -0.481 e. The molecule has 4 aromatic carbocycles. The van der Waals surface area contributed by atoms with Crippen molar-refractivity contribution in [1.82, 2.24) is 20.2 Å². The third kappa shape index (κ3) is 14.4. The van der Waals surface area contributed by atoms with Gasteiger partial charge in [0.1, 0.15) is 36.5 Å². The SMILES string of the molecule is COC(=O)[C@@H]1C[C@@H](Oc2nc3ccccc3c(C)c2C#CCCC[C@@H]2C[C@H]2OC(=O)C[C@H](C(=O)O)C2Cc3ccccc3C2)CN1.COC(=O)[C@@H]1C[C@@H]2CN1C(=O)[C@H](C1Cc3ccccc3C1)CC(=O)O[C@@H]1C[C@H]1CCCC#Cc1c(nc3ccccc3c1C)O2. The van der Waals surface area contributed by atoms with Gasteiger partial charge in [0.25, 0.3) is 0 Å². The van der Waals surface area contributed by atoms with Crippen molar-refractivity contribution in [2.75, 3.05) is 27.3 Å². The number of aliphatic carboxylic acids is 1. The molecule has 4 fully saturated rings. The Kier molecular flexibility index (Phi) is 19.0. The minimum atomic E-state index is -0.934. The first-order valence-corrected chi connectivity index (χ1v) is 32.2. The van der Waals surface area contributed by atoms with Crippen LogP contribution >= 0.6 is 0 Å². The number of unbranched alkanes of at least 4 members (excludes halogenated alkanes) is 1. The molecule has 17 heteroatoms. The summed E-state index contributed by atoms with van der Waals surface area (Å²) in [6, 6.07) is 30.8. The van der Waals surface area contributed by atoms with E-state index in [1.54, 1.807) is 4.90 Å². The quantitative estimate of drug-likeness (QED) is 0.0476. The number of para-hydroxylation sites is 2. The third-order valence-electron chi connectivity index (χ3n) is 19.6. The summed E-state index contributed by atoms with van der Waals surface area (Å²) in [5, 5.41) is 15.0. The Bertz CT molecular complexity index is 3870. The summed E-state index contributed by atoms with van der Waals surface area (Å²) < 4.78 is 34.5. The number of fused-ring (bicyclic) bond motifs is 8. The maximum atomic E-state index is 14.5. The molecule has 472 valence electrons. The van der Waals surface area contributed by atoms with Gasteiger partial charge in [-0.2, -0.15) is 0 Å². The number of carboxylic acids is 1. The molecule has 91 heavy (non-hydrogen) atoms. The van der Waals surface area contributed by atoms with Gasteiger partial charge < -0.3 is 43.7 Å². The highest BCUT2D eigenvalue weighted by molar-refractivity contribution is 5.90. The number of rotatable bonds is 13. The van der Waals surface area contributed by atoms with Gasteiger partial charge >= 0.3 is 29.8 Å². The van der Waals surface area contributed by atoms with Crippen molar-refractivity contribution in [1.29, 1.82) is 0 Å². The molecule has 4 aliphatic carbocycles. The van der Waals surface area contributed by atoms with E-state index < -0.39 is 47.9 Å². The maximum Gasteiger partial charge on any atom is 0.328 e. The van der Waals surface area contributed by atoms with Crippen molar-refractivity contribution in [3.63, 3.8) is 0 Å². The molecule has 2 N–H and O–H groups in total. The lowest BCUT2D eigenvalue weighted by Gasteiger charge is -2.30. The highest BCUT2D eigenvalue weighted by Crippen LogP contribution is 2.43. The molecular weight excluding hydrogens is 1150 g/mol. The number of hydrogen-bond acceptors (Lipinski definition) is 15. The molecule has 7 aliphatic rings. The predicted octanol–water partition coefficient (Wildman–Crippen LogP) is 9.74. The number of aryl methyl sites for hydroxylation is 2. The van der Waals surface area contributed by atoms with Crippen molar-refractivity contribution < 1.29 is 62.3 Å². The second kappa shape index (κ2) is 27.7. The number of carboxylic acid groups (broad SMARTS) is 1. The molecule has 0 radical (unpaired) electrons. The number of nitrogens with zero attached hydrogens (tertiary/aromatic N) is 3. The standard InChI is InChI=1S/C37H40N2O7.C37H38N2O6/c1-22-28-13-8-9-15-31(28)39-35(45-27-19-32(38-21-27)37(43)44-2)29(22)14-5-3-4-12-25-18-33(25)46-34(40)20-30(36(41)42)26-16-23-10-6-7-11-24(23)17-26;1-22-28-13-8-9-15-31(28)38-35-29(22)14-5-3-4-12-25-18-33(25)45-34(40)20-30(26-16-23-10-6-7-11-24(23)17-26)36(41)39-21-27(44-35)19-32(39)37(42)43-2/h6-11,13,15,25-27,30,32-33,38H,3-4,12,16-21H2,1-2H3,(H,41,42);6-11,13,15,25-27,30,32-33H,3-4,12,16-21H2,1-2H3/t2*25-,27-,30+,32+,33-/m11/s1. The number of aromatic nitrogens is 2. The summed E-state index contributed by atoms with van der Waals surface area (Å²) in [5.41, 5.74) is 9.84. The summed E-state index contributed by atoms with van der Waals surface area (Å²) >= 11 is 0. The van der Waals surface area contributed by atoms with E-state index in [1.807, 2.05) is 98.8 Å². The lowest BCUT2D eigenvalue weighted by atomic mass is 9.85. The first-order chi connectivity index (χ1) is 44.2. The van der Waals surface area contributed by atoms with E-state index in [0.717, 1.165) is 82.6 Å². The maximum absolute atomic E-state index is 14.5. The number of amides is 1. The van der Waals surface area contributed by atoms with Gasteiger partial charge in [0.2, 0.25) is 17.7 Å². The number of pyridine rings is 2. The molecule has 0 spiro atoms. The van der Waals surface area contributed by atoms with Crippen molar-refractivity contribution in [2.45, 2.75) is 153 Å². The average Bonchev–Trinajstić information content (AvgIpc) is 1.53. The number of ether oxygens (including phenoxy) is 6. The average molecular weight is 1230 g/mol. The molecule has 0 unspecified atom stereocenters. The molecule has 2 saturated heterocycles. The molecule has 6 aromatic rings. The van der Waals surface area contributed by atoms with Crippen LogP contribution < -0.4 is 14.8 Å². The van der Waals surface area contributed by atoms with Gasteiger partial charge in [0.15, 0.2) is 0 Å². The molecule has 5 heterocycles. The van der Waals surface area contributed by atoms with Crippen LogP contribution in [-0.2, 0) is 73.4 Å². The Morgan fingerprint density at radius 3 is 2.12 bits per heavy atom. The van der Waals surface area contributed by atoms with Gasteiger partial charge in [-0.3, -0.25) is 24.0 Å². The normalized spacial score (nSPS) is 24.5. The van der Waals surface area contributed by atoms with Crippen LogP contribution in [0.4, 0.5) is 0 Å². The Balaban J connectivity index is 0.000000176. The summed E-state index contributed by atoms with van der Waals surface area (Å²) in [5.74, 6) is 10.5. The van der Waals surface area contributed by atoms with E-state index in [2.05, 4.69) is 41.1 Å². The lowest BCUT2D eigenvalue weighted by Crippen LogP contribution is -2.46. The predicted molar refractivity (Wildman–Crippen MR) is 338 cm³/mol. The molecule has 17 nitrogen and oxygen atoms in total. The van der Waals surface area contributed by atoms with Crippen molar-refractivity contribution >= 4 is 57.6 Å². The molecule has 2 aromatic heterocycles. The van der Waals surface area contributed by atoms with Crippen LogP contribution in [0.15, 0.2) is 97.1 Å². The van der Waals surface area contributed by atoms with Gasteiger partial charge in [0, 0.05) is 43.0 Å². The number of methoxy groups -OCH3 is 2. The summed E-state index contributed by atoms with van der Waals surface area (Å²) in [6.45, 7) is 4.74. The number of hydrogen-bond donors (Lipinski definition) is 2. The molecule has 3 aliphatic heterocycles. The van der Waals surface area contributed by atoms with Crippen LogP contribution in [0.2, 0.25) is 0 Å². The largest absolute Gasteiger partial charge is 0.481 e. The molecule has 2 saturated carbocycles. The van der Waals surface area contributed by atoms with Crippen LogP contribution in [0.1, 0.15) is 122 Å². The van der Waals surface area contributed by atoms with E-state index >= 15 is 0 Å². The summed E-state index contributed by atoms with van der Waals surface area (Å²) in [6.07, 6.45) is 9.03. The zero-order valence-electron chi connectivity index (χ0n) is 52.1. The Labute approximate surface area is 530 Å². The van der Waals surface area contributed by atoms with Gasteiger partial charge in [-0.05, 0) is 147 Å². The van der Waals surface area contributed by atoms with Crippen molar-refractivity contribution in [3.05, 3.63) is 142 Å². The van der Waals surface area contributed by atoms with E-state index in [0.29, 0.717) is 69.2 Å². The van der Waals surface area contributed by atoms with Crippen LogP contribution in [0.3, 0.4) is 0 Å². The lowest BCUT2D eigenvalue weighted by molar-refractivity contribution is -0.156. The second-order valence-corrected chi connectivity index (χ2v) is 25.6. The third-order valence-corrected chi connectivity index (χ3v) is 19.6. The Morgan fingerprint density at radius 1 is 0.769 bits per heavy atom. The van der Waals surface area contributed by atoms with Crippen LogP contribution in [-0.4, -0.2) is 120 Å². The van der Waals surface area contributed by atoms with Gasteiger partial charge in [-0.1, -0.05) is 109 Å². The van der Waals surface area contributed by atoms with E-state index in [9.17, 15) is 33.9 Å². The zero-order valence-corrected chi connectivity index (χ0v) is 52.1. The van der Waals surface area contributed by atoms with Crippen molar-refractivity contribution in [3.8, 4) is 35.4 Å². The molecular formula is C74H78N4O13. The smallest absolute Gasteiger partial charge is 0.328 e. The van der Waals surface area contributed by atoms with Crippen LogP contribution in [0.25, 0.3) is 21.8 Å². The fourth-order valence-electron chi connectivity index (χ4n) is 14.3. The number of esters is 4. The summed E-state index contributed by atoms with van der Waals surface area (Å²) in [4.78, 5) is 88.8. The van der Waals surface area contributed by atoms with Crippen LogP contribution in [0.5, 0.6) is 11.8 Å². The van der Waals surface area contributed by atoms with Crippen molar-refractivity contribution in [2.24, 2.45) is 35.5 Å². The molecule has 1 amide bonds. The monoisotopic (exact) mass is 1230 g/mol. The highest BCUT2D eigenvalue weighted by Gasteiger charge is 2.48. The highest BCUT2D eigenvalue weighted by atomic mass is 16.6. The van der Waals surface area contributed by atoms with Gasteiger partial charge in [-0.25, -0.2) is 14.8 Å². The zero-order chi connectivity index (χ0) is 63.3. The van der Waals surface area contributed by atoms with E-state index in [1.165, 1.54) is 36.5 Å². The second-order valence-electron chi connectivity index (χ2n) is 25.6. The van der Waals surface area contributed by atoms with E-state index in [-0.39, 0.29) is 79.7 Å². The first kappa shape index (κ1) is 62.4. The fourth-order valence-corrected chi connectivity index (χ4v) is 14.3. The fraction of sp³-hybridized carbons (Fsp3) is 0.459. The first-order valence-electron chi connectivity index (χ1n) is 32.2. The molecule has 10 atom stereocenters. The minimum absolute atomic E-state index is 0.0162. The number of benzene rings is 4. The molecule has 13 rings (SSSR count). The Morgan fingerprint density at radius 2 is 1.43 bits per heavy atom.